The number of nitrogens with one attached hydrogen (secondary N) is 1. The molecule has 1 aromatic carbocycles. The number of nitrogens with zero attached hydrogens (tertiary/aromatic N) is 5. The smallest absolute Gasteiger partial charge is 0.226 e. The van der Waals surface area contributed by atoms with E-state index in [2.05, 4.69) is 31.1 Å². The van der Waals surface area contributed by atoms with Gasteiger partial charge in [0.25, 0.3) is 0 Å². The number of aromatic nitrogens is 5. The molecule has 0 radical (unpaired) electrons. The maximum atomic E-state index is 6.65. The van der Waals surface area contributed by atoms with Gasteiger partial charge in [-0.2, -0.15) is 5.10 Å². The van der Waals surface area contributed by atoms with E-state index in [1.54, 1.807) is 24.6 Å². The number of anilines is 1. The molecule has 2 atom stereocenters. The number of methoxy groups -OCH3 is 1. The summed E-state index contributed by atoms with van der Waals surface area (Å²) in [5, 5.41) is 11.4. The number of aromatic amines is 1. The highest BCUT2D eigenvalue weighted by Gasteiger charge is 2.34. The fourth-order valence-electron chi connectivity index (χ4n) is 4.26. The number of ether oxygens (including phenoxy) is 2. The summed E-state index contributed by atoms with van der Waals surface area (Å²) < 4.78 is 12.2. The van der Waals surface area contributed by atoms with Gasteiger partial charge in [-0.25, -0.2) is 9.97 Å². The van der Waals surface area contributed by atoms with Gasteiger partial charge in [0, 0.05) is 34.9 Å². The normalized spacial score (nSPS) is 19.0. The van der Waals surface area contributed by atoms with Crippen molar-refractivity contribution in [2.45, 2.75) is 12.2 Å². The van der Waals surface area contributed by atoms with E-state index in [4.69, 9.17) is 14.5 Å². The number of hydrogen-bond donors (Lipinski definition) is 1. The van der Waals surface area contributed by atoms with Gasteiger partial charge in [-0.3, -0.25) is 10.1 Å². The van der Waals surface area contributed by atoms with E-state index in [9.17, 15) is 0 Å². The number of fused-ring (bicyclic) bond motifs is 2. The van der Waals surface area contributed by atoms with Crippen molar-refractivity contribution in [1.29, 1.82) is 0 Å². The molecule has 0 spiro atoms. The average Bonchev–Trinajstić information content (AvgIpc) is 3.52. The molecule has 2 unspecified atom stereocenters. The van der Waals surface area contributed by atoms with E-state index >= 15 is 0 Å². The Labute approximate surface area is 187 Å². The predicted molar refractivity (Wildman–Crippen MR) is 123 cm³/mol. The molecule has 1 saturated heterocycles. The fraction of sp³-hybridized carbons (Fsp3) is 0.217. The van der Waals surface area contributed by atoms with Crippen LogP contribution in [0, 0.1) is 0 Å². The van der Waals surface area contributed by atoms with Gasteiger partial charge in [-0.15, -0.1) is 11.3 Å². The quantitative estimate of drug-likeness (QED) is 0.442. The van der Waals surface area contributed by atoms with Crippen LogP contribution in [0.2, 0.25) is 0 Å². The second-order valence-corrected chi connectivity index (χ2v) is 8.56. The molecule has 0 saturated carbocycles. The second-order valence-electron chi connectivity index (χ2n) is 7.67. The summed E-state index contributed by atoms with van der Waals surface area (Å²) in [5.74, 6) is 1.45. The molecular weight excluding hydrogens is 424 g/mol. The molecule has 160 valence electrons. The van der Waals surface area contributed by atoms with Crippen LogP contribution in [0.5, 0.6) is 5.75 Å². The summed E-state index contributed by atoms with van der Waals surface area (Å²) in [5.41, 5.74) is 2.96. The van der Waals surface area contributed by atoms with Crippen LogP contribution in [0.4, 0.5) is 5.95 Å². The lowest BCUT2D eigenvalue weighted by atomic mass is 10.0. The van der Waals surface area contributed by atoms with Crippen LogP contribution in [0.15, 0.2) is 60.5 Å². The number of morpholine rings is 1. The molecule has 5 heterocycles. The highest BCUT2D eigenvalue weighted by Crippen LogP contribution is 2.39. The van der Waals surface area contributed by atoms with Gasteiger partial charge >= 0.3 is 0 Å². The van der Waals surface area contributed by atoms with Crippen molar-refractivity contribution < 1.29 is 9.47 Å². The first-order valence-electron chi connectivity index (χ1n) is 10.3. The van der Waals surface area contributed by atoms with Crippen LogP contribution < -0.4 is 9.64 Å². The maximum Gasteiger partial charge on any atom is 0.226 e. The molecule has 32 heavy (non-hydrogen) atoms. The lowest BCUT2D eigenvalue weighted by Crippen LogP contribution is -2.41. The summed E-state index contributed by atoms with van der Waals surface area (Å²) in [7, 11) is 1.66. The molecule has 1 N–H and O–H groups in total. The number of benzene rings is 1. The topological polar surface area (TPSA) is 89.1 Å². The van der Waals surface area contributed by atoms with E-state index in [1.807, 2.05) is 48.2 Å². The van der Waals surface area contributed by atoms with Crippen molar-refractivity contribution >= 4 is 38.4 Å². The molecule has 4 aromatic heterocycles. The maximum absolute atomic E-state index is 6.65. The lowest BCUT2D eigenvalue weighted by molar-refractivity contribution is -0.0301. The van der Waals surface area contributed by atoms with Crippen molar-refractivity contribution in [2.24, 2.45) is 0 Å². The van der Waals surface area contributed by atoms with Gasteiger partial charge in [0.1, 0.15) is 22.8 Å². The first kappa shape index (κ1) is 19.1. The standard InChI is InChI=1S/C23H20N6O2S/c1-30-19-5-7-24-10-17(19)21-13-29(23-25-9-14-6-8-32-22(14)27-23)12-20(31-21)15-3-2-4-18-16(15)11-26-28-18/h2-11,20-21H,12-13H2,1H3,(H,26,28). The zero-order valence-corrected chi connectivity index (χ0v) is 18.1. The fourth-order valence-corrected chi connectivity index (χ4v) is 4.99. The van der Waals surface area contributed by atoms with E-state index in [1.165, 1.54) is 0 Å². The Morgan fingerprint density at radius 3 is 2.91 bits per heavy atom. The molecular formula is C23H20N6O2S. The first-order valence-corrected chi connectivity index (χ1v) is 11.2. The first-order chi connectivity index (χ1) is 15.8. The molecule has 0 amide bonds. The molecule has 0 bridgehead atoms. The van der Waals surface area contributed by atoms with Crippen molar-refractivity contribution in [3.05, 3.63) is 71.6 Å². The van der Waals surface area contributed by atoms with Crippen molar-refractivity contribution in [2.75, 3.05) is 25.1 Å². The monoisotopic (exact) mass is 444 g/mol. The third-order valence-corrected chi connectivity index (χ3v) is 6.64. The second kappa shape index (κ2) is 7.85. The van der Waals surface area contributed by atoms with Crippen molar-refractivity contribution in [1.82, 2.24) is 25.1 Å². The van der Waals surface area contributed by atoms with Gasteiger partial charge < -0.3 is 14.4 Å². The van der Waals surface area contributed by atoms with E-state index in [0.717, 1.165) is 38.0 Å². The third kappa shape index (κ3) is 3.26. The number of hydrogen-bond acceptors (Lipinski definition) is 8. The Balaban J connectivity index is 1.44. The van der Waals surface area contributed by atoms with Gasteiger partial charge in [-0.1, -0.05) is 12.1 Å². The van der Waals surface area contributed by atoms with Crippen LogP contribution in [-0.2, 0) is 4.74 Å². The summed E-state index contributed by atoms with van der Waals surface area (Å²) >= 11 is 1.62. The minimum atomic E-state index is -0.262. The predicted octanol–water partition coefficient (Wildman–Crippen LogP) is 4.29. The van der Waals surface area contributed by atoms with Crippen molar-refractivity contribution in [3.8, 4) is 5.75 Å². The number of H-pyrrole nitrogens is 1. The van der Waals surface area contributed by atoms with Gasteiger partial charge in [0.2, 0.25) is 5.95 Å². The number of pyridine rings is 1. The van der Waals surface area contributed by atoms with Gasteiger partial charge in [0.15, 0.2) is 0 Å². The molecule has 1 aliphatic rings. The zero-order valence-electron chi connectivity index (χ0n) is 17.3. The van der Waals surface area contributed by atoms with Crippen LogP contribution in [-0.4, -0.2) is 45.3 Å². The van der Waals surface area contributed by atoms with Crippen LogP contribution in [0.3, 0.4) is 0 Å². The Bertz CT molecular complexity index is 1400. The SMILES string of the molecule is COc1ccncc1C1CN(c2ncc3ccsc3n2)CC(c2cccc3[nH]ncc23)O1. The molecule has 8 nitrogen and oxygen atoms in total. The largest absolute Gasteiger partial charge is 0.496 e. The summed E-state index contributed by atoms with van der Waals surface area (Å²) in [6.07, 6.45) is 6.80. The number of rotatable bonds is 4. The van der Waals surface area contributed by atoms with Crippen LogP contribution in [0.1, 0.15) is 23.3 Å². The minimum absolute atomic E-state index is 0.206. The minimum Gasteiger partial charge on any atom is -0.496 e. The Morgan fingerprint density at radius 1 is 1.09 bits per heavy atom. The highest BCUT2D eigenvalue weighted by molar-refractivity contribution is 7.16. The molecule has 6 rings (SSSR count). The van der Waals surface area contributed by atoms with Gasteiger partial charge in [-0.05, 0) is 29.1 Å². The molecule has 1 fully saturated rings. The summed E-state index contributed by atoms with van der Waals surface area (Å²) in [6, 6.07) is 10.0. The summed E-state index contributed by atoms with van der Waals surface area (Å²) in [6.45, 7) is 1.22. The van der Waals surface area contributed by atoms with E-state index in [-0.39, 0.29) is 12.2 Å². The zero-order chi connectivity index (χ0) is 21.5. The molecule has 0 aliphatic carbocycles. The molecule has 9 heteroatoms. The Hall–Kier alpha value is -3.56. The molecule has 5 aromatic rings. The number of thiophene rings is 1. The van der Waals surface area contributed by atoms with Crippen LogP contribution >= 0.6 is 11.3 Å². The van der Waals surface area contributed by atoms with Crippen molar-refractivity contribution in [3.63, 3.8) is 0 Å². The average molecular weight is 445 g/mol. The van der Waals surface area contributed by atoms with Crippen LogP contribution in [0.25, 0.3) is 21.1 Å². The molecule has 1 aliphatic heterocycles. The third-order valence-electron chi connectivity index (χ3n) is 5.82. The van der Waals surface area contributed by atoms with E-state index in [0.29, 0.717) is 19.0 Å². The van der Waals surface area contributed by atoms with E-state index < -0.39 is 0 Å². The highest BCUT2D eigenvalue weighted by atomic mass is 32.1. The Morgan fingerprint density at radius 2 is 2.00 bits per heavy atom. The Kier molecular flexibility index (Phi) is 4.70. The lowest BCUT2D eigenvalue weighted by Gasteiger charge is -2.38. The summed E-state index contributed by atoms with van der Waals surface area (Å²) in [4.78, 5) is 17.0. The van der Waals surface area contributed by atoms with Gasteiger partial charge in [0.05, 0.1) is 31.9 Å².